The van der Waals surface area contributed by atoms with Gasteiger partial charge in [0.2, 0.25) is 0 Å². The first-order valence-electron chi connectivity index (χ1n) is 6.21. The predicted octanol–water partition coefficient (Wildman–Crippen LogP) is -0.242. The van der Waals surface area contributed by atoms with Gasteiger partial charge >= 0.3 is 0 Å². The Kier molecular flexibility index (Phi) is 4.33. The van der Waals surface area contributed by atoms with Crippen LogP contribution >= 0.6 is 0 Å². The Morgan fingerprint density at radius 1 is 1.50 bits per heavy atom. The molecular weight excluding hydrogens is 234 g/mol. The highest BCUT2D eigenvalue weighted by Gasteiger charge is 2.22. The second kappa shape index (κ2) is 5.97. The molecule has 2 heterocycles. The lowest BCUT2D eigenvalue weighted by molar-refractivity contribution is 0.0158. The summed E-state index contributed by atoms with van der Waals surface area (Å²) in [6, 6.07) is 0. The Labute approximate surface area is 106 Å². The number of anilines is 1. The molecule has 0 saturated carbocycles. The molecule has 100 valence electrons. The number of nitrogens with zero attached hydrogens (tertiary/aromatic N) is 3. The summed E-state index contributed by atoms with van der Waals surface area (Å²) in [5, 5.41) is 8.70. The van der Waals surface area contributed by atoms with Crippen LogP contribution in [0.5, 0.6) is 0 Å². The van der Waals surface area contributed by atoms with Crippen molar-refractivity contribution < 1.29 is 9.84 Å². The Bertz CT molecular complexity index is 438. The summed E-state index contributed by atoms with van der Waals surface area (Å²) in [5.41, 5.74) is -0.0628. The highest BCUT2D eigenvalue weighted by Crippen LogP contribution is 2.16. The fraction of sp³-hybridized carbons (Fsp3) is 0.667. The van der Waals surface area contributed by atoms with E-state index in [9.17, 15) is 4.79 Å². The van der Waals surface area contributed by atoms with Crippen LogP contribution in [0, 0.1) is 0 Å². The Morgan fingerprint density at radius 2 is 2.22 bits per heavy atom. The van der Waals surface area contributed by atoms with Gasteiger partial charge in [0.15, 0.2) is 5.82 Å². The van der Waals surface area contributed by atoms with Crippen molar-refractivity contribution in [3.63, 3.8) is 0 Å². The molecule has 0 aliphatic carbocycles. The average Bonchev–Trinajstić information content (AvgIpc) is 2.40. The maximum Gasteiger partial charge on any atom is 0.293 e. The van der Waals surface area contributed by atoms with Gasteiger partial charge < -0.3 is 19.3 Å². The lowest BCUT2D eigenvalue weighted by atomic mass is 10.1. The number of aromatic nitrogens is 2. The molecule has 1 aromatic rings. The summed E-state index contributed by atoms with van der Waals surface area (Å²) >= 11 is 0. The van der Waals surface area contributed by atoms with Crippen LogP contribution in [-0.4, -0.2) is 47.1 Å². The number of rotatable bonds is 4. The van der Waals surface area contributed by atoms with Gasteiger partial charge in [-0.15, -0.1) is 0 Å². The Balaban J connectivity index is 1.97. The number of piperidine rings is 1. The third kappa shape index (κ3) is 2.88. The molecule has 2 rings (SSSR count). The van der Waals surface area contributed by atoms with E-state index in [1.54, 1.807) is 19.4 Å². The third-order valence-corrected chi connectivity index (χ3v) is 3.19. The Morgan fingerprint density at radius 3 is 2.89 bits per heavy atom. The minimum atomic E-state index is -0.0628. The molecule has 0 amide bonds. The van der Waals surface area contributed by atoms with Crippen LogP contribution < -0.4 is 10.5 Å². The van der Waals surface area contributed by atoms with E-state index in [4.69, 9.17) is 9.84 Å². The largest absolute Gasteiger partial charge is 0.394 e. The molecular formula is C12H19N3O3. The van der Waals surface area contributed by atoms with Crippen molar-refractivity contribution in [1.82, 2.24) is 9.55 Å². The maximum atomic E-state index is 11.9. The molecule has 18 heavy (non-hydrogen) atoms. The second-order valence-corrected chi connectivity index (χ2v) is 4.45. The van der Waals surface area contributed by atoms with Gasteiger partial charge in [-0.05, 0) is 12.8 Å². The minimum Gasteiger partial charge on any atom is -0.394 e. The van der Waals surface area contributed by atoms with Gasteiger partial charge in [0, 0.05) is 32.5 Å². The molecule has 1 aliphatic rings. The van der Waals surface area contributed by atoms with E-state index in [-0.39, 0.29) is 18.3 Å². The minimum absolute atomic E-state index is 0.0565. The number of hydrogen-bond acceptors (Lipinski definition) is 5. The van der Waals surface area contributed by atoms with E-state index in [1.807, 2.05) is 4.90 Å². The molecule has 0 atom stereocenters. The number of ether oxygens (including phenoxy) is 1. The highest BCUT2D eigenvalue weighted by molar-refractivity contribution is 5.36. The maximum absolute atomic E-state index is 11.9. The van der Waals surface area contributed by atoms with Crippen LogP contribution in [0.1, 0.15) is 12.8 Å². The lowest BCUT2D eigenvalue weighted by Crippen LogP contribution is -2.41. The number of hydrogen-bond donors (Lipinski definition) is 1. The van der Waals surface area contributed by atoms with E-state index in [0.717, 1.165) is 25.9 Å². The first kappa shape index (κ1) is 13.0. The predicted molar refractivity (Wildman–Crippen MR) is 67.8 cm³/mol. The molecule has 6 heteroatoms. The topological polar surface area (TPSA) is 67.6 Å². The van der Waals surface area contributed by atoms with E-state index in [0.29, 0.717) is 12.4 Å². The summed E-state index contributed by atoms with van der Waals surface area (Å²) < 4.78 is 7.03. The zero-order chi connectivity index (χ0) is 13.0. The van der Waals surface area contributed by atoms with Crippen molar-refractivity contribution in [2.75, 3.05) is 31.2 Å². The molecule has 1 fully saturated rings. The Hall–Kier alpha value is -1.40. The van der Waals surface area contributed by atoms with Crippen molar-refractivity contribution in [2.45, 2.75) is 18.9 Å². The average molecular weight is 253 g/mol. The van der Waals surface area contributed by atoms with Crippen LogP contribution in [0.2, 0.25) is 0 Å². The molecule has 1 saturated heterocycles. The smallest absolute Gasteiger partial charge is 0.293 e. The number of aliphatic hydroxyl groups excluding tert-OH is 1. The summed E-state index contributed by atoms with van der Waals surface area (Å²) in [6.07, 6.45) is 5.20. The van der Waals surface area contributed by atoms with E-state index < -0.39 is 0 Å². The normalized spacial score (nSPS) is 17.1. The van der Waals surface area contributed by atoms with Crippen LogP contribution in [0.4, 0.5) is 5.82 Å². The first-order chi connectivity index (χ1) is 8.72. The monoisotopic (exact) mass is 253 g/mol. The molecule has 0 unspecified atom stereocenters. The lowest BCUT2D eigenvalue weighted by Gasteiger charge is -2.32. The molecule has 1 N–H and O–H groups in total. The van der Waals surface area contributed by atoms with Crippen molar-refractivity contribution in [3.8, 4) is 0 Å². The molecule has 0 radical (unpaired) electrons. The van der Waals surface area contributed by atoms with Crippen LogP contribution in [0.3, 0.4) is 0 Å². The molecule has 1 aliphatic heterocycles. The first-order valence-corrected chi connectivity index (χ1v) is 6.21. The van der Waals surface area contributed by atoms with E-state index in [1.165, 1.54) is 4.57 Å². The van der Waals surface area contributed by atoms with Gasteiger partial charge in [-0.25, -0.2) is 4.98 Å². The third-order valence-electron chi connectivity index (χ3n) is 3.19. The van der Waals surface area contributed by atoms with Gasteiger partial charge in [-0.3, -0.25) is 4.79 Å². The van der Waals surface area contributed by atoms with Gasteiger partial charge in [0.1, 0.15) is 0 Å². The van der Waals surface area contributed by atoms with Crippen molar-refractivity contribution in [2.24, 2.45) is 7.05 Å². The van der Waals surface area contributed by atoms with Crippen molar-refractivity contribution in [3.05, 3.63) is 22.7 Å². The molecule has 0 bridgehead atoms. The standard InChI is InChI=1S/C12H19N3O3/c1-14-7-4-13-11(12(14)17)15-5-2-10(3-6-15)18-9-8-16/h4,7,10,16H,2-3,5-6,8-9H2,1H3. The fourth-order valence-corrected chi connectivity index (χ4v) is 2.16. The molecule has 0 spiro atoms. The fourth-order valence-electron chi connectivity index (χ4n) is 2.16. The molecule has 1 aromatic heterocycles. The summed E-state index contributed by atoms with van der Waals surface area (Å²) in [7, 11) is 1.73. The van der Waals surface area contributed by atoms with Crippen molar-refractivity contribution in [1.29, 1.82) is 0 Å². The zero-order valence-corrected chi connectivity index (χ0v) is 10.6. The van der Waals surface area contributed by atoms with Gasteiger partial charge in [0.25, 0.3) is 5.56 Å². The zero-order valence-electron chi connectivity index (χ0n) is 10.6. The van der Waals surface area contributed by atoms with E-state index >= 15 is 0 Å². The number of aliphatic hydroxyl groups is 1. The summed E-state index contributed by atoms with van der Waals surface area (Å²) in [4.78, 5) is 18.1. The molecule has 6 nitrogen and oxygen atoms in total. The molecule has 0 aromatic carbocycles. The highest BCUT2D eigenvalue weighted by atomic mass is 16.5. The quantitative estimate of drug-likeness (QED) is 0.802. The van der Waals surface area contributed by atoms with Gasteiger partial charge in [-0.1, -0.05) is 0 Å². The van der Waals surface area contributed by atoms with Crippen LogP contribution in [0.15, 0.2) is 17.2 Å². The van der Waals surface area contributed by atoms with Crippen LogP contribution in [-0.2, 0) is 11.8 Å². The second-order valence-electron chi connectivity index (χ2n) is 4.45. The van der Waals surface area contributed by atoms with Crippen LogP contribution in [0.25, 0.3) is 0 Å². The summed E-state index contributed by atoms with van der Waals surface area (Å²) in [6.45, 7) is 1.97. The summed E-state index contributed by atoms with van der Waals surface area (Å²) in [5.74, 6) is 0.514. The van der Waals surface area contributed by atoms with Crippen molar-refractivity contribution >= 4 is 5.82 Å². The SMILES string of the molecule is Cn1ccnc(N2CCC(OCCO)CC2)c1=O. The van der Waals surface area contributed by atoms with Gasteiger partial charge in [0.05, 0.1) is 19.3 Å². The van der Waals surface area contributed by atoms with Gasteiger partial charge in [-0.2, -0.15) is 0 Å². The van der Waals surface area contributed by atoms with E-state index in [2.05, 4.69) is 4.98 Å². The number of aryl methyl sites for hydroxylation is 1.